The maximum atomic E-state index is 12.9. The third-order valence-electron chi connectivity index (χ3n) is 5.18. The van der Waals surface area contributed by atoms with Crippen molar-refractivity contribution in [3.63, 3.8) is 0 Å². The molecule has 1 saturated carbocycles. The molecule has 1 saturated heterocycles. The topological polar surface area (TPSA) is 32.3 Å². The van der Waals surface area contributed by atoms with Gasteiger partial charge in [0, 0.05) is 10.9 Å². The first-order valence-corrected chi connectivity index (χ1v) is 10.4. The minimum absolute atomic E-state index is 0.0187. The fraction of sp³-hybridized carbons (Fsp3) is 0.333. The van der Waals surface area contributed by atoms with Crippen LogP contribution in [0.3, 0.4) is 0 Å². The maximum absolute atomic E-state index is 12.9. The number of thiocarbonyl (C=S) groups is 1. The van der Waals surface area contributed by atoms with Crippen molar-refractivity contribution in [2.24, 2.45) is 0 Å². The van der Waals surface area contributed by atoms with E-state index in [9.17, 15) is 4.79 Å². The van der Waals surface area contributed by atoms with Crippen molar-refractivity contribution in [1.82, 2.24) is 10.2 Å². The van der Waals surface area contributed by atoms with Crippen LogP contribution < -0.4 is 5.32 Å². The molecule has 1 amide bonds. The lowest BCUT2D eigenvalue weighted by Crippen LogP contribution is -2.41. The standard InChI is InChI=1S/C21H22N2OS2/c1-14-7-9-15(10-8-14)17-11-12-26-19(17)13-18-20(24)23(21(25)22-18)16-5-3-2-4-6-16/h7-13,16H,2-6H2,1H3,(H,22,25)/b18-13-. The van der Waals surface area contributed by atoms with Gasteiger partial charge in [-0.1, -0.05) is 49.1 Å². The van der Waals surface area contributed by atoms with Crippen molar-refractivity contribution in [2.45, 2.75) is 45.1 Å². The number of nitrogens with zero attached hydrogens (tertiary/aromatic N) is 1. The van der Waals surface area contributed by atoms with Crippen LogP contribution in [0.2, 0.25) is 0 Å². The van der Waals surface area contributed by atoms with Gasteiger partial charge in [-0.05, 0) is 60.6 Å². The van der Waals surface area contributed by atoms with Gasteiger partial charge in [0.2, 0.25) is 0 Å². The number of nitrogens with one attached hydrogen (secondary N) is 1. The smallest absolute Gasteiger partial charge is 0.276 e. The zero-order valence-electron chi connectivity index (χ0n) is 14.8. The molecule has 4 rings (SSSR count). The second-order valence-electron chi connectivity index (χ2n) is 7.02. The van der Waals surface area contributed by atoms with E-state index < -0.39 is 0 Å². The van der Waals surface area contributed by atoms with E-state index in [1.165, 1.54) is 30.4 Å². The summed E-state index contributed by atoms with van der Waals surface area (Å²) in [5.74, 6) is 0.0187. The van der Waals surface area contributed by atoms with Crippen molar-refractivity contribution in [3.05, 3.63) is 51.8 Å². The summed E-state index contributed by atoms with van der Waals surface area (Å²) >= 11 is 7.11. The van der Waals surface area contributed by atoms with Crippen molar-refractivity contribution in [1.29, 1.82) is 0 Å². The van der Waals surface area contributed by atoms with Crippen LogP contribution in [0.5, 0.6) is 0 Å². The van der Waals surface area contributed by atoms with Gasteiger partial charge in [-0.15, -0.1) is 11.3 Å². The summed E-state index contributed by atoms with van der Waals surface area (Å²) in [7, 11) is 0. The van der Waals surface area contributed by atoms with E-state index in [1.54, 1.807) is 16.2 Å². The summed E-state index contributed by atoms with van der Waals surface area (Å²) < 4.78 is 0. The summed E-state index contributed by atoms with van der Waals surface area (Å²) in [5.41, 5.74) is 4.15. The monoisotopic (exact) mass is 382 g/mol. The van der Waals surface area contributed by atoms with Crippen LogP contribution in [0.4, 0.5) is 0 Å². The first-order chi connectivity index (χ1) is 12.6. The number of hydrogen-bond acceptors (Lipinski definition) is 3. The highest BCUT2D eigenvalue weighted by Crippen LogP contribution is 2.32. The summed E-state index contributed by atoms with van der Waals surface area (Å²) in [6.45, 7) is 2.09. The number of thiophene rings is 1. The van der Waals surface area contributed by atoms with E-state index in [1.807, 2.05) is 6.08 Å². The summed E-state index contributed by atoms with van der Waals surface area (Å²) in [6.07, 6.45) is 7.67. The molecular formula is C21H22N2OS2. The normalized spacial score (nSPS) is 20.0. The predicted molar refractivity (Wildman–Crippen MR) is 112 cm³/mol. The van der Waals surface area contributed by atoms with Crippen LogP contribution in [0.1, 0.15) is 42.5 Å². The van der Waals surface area contributed by atoms with Gasteiger partial charge in [0.1, 0.15) is 5.70 Å². The van der Waals surface area contributed by atoms with E-state index in [0.717, 1.165) is 23.3 Å². The molecule has 1 N–H and O–H groups in total. The Labute approximate surface area is 163 Å². The SMILES string of the molecule is Cc1ccc(-c2ccsc2/C=C2\NC(=S)N(C3CCCCC3)C2=O)cc1. The minimum Gasteiger partial charge on any atom is -0.328 e. The van der Waals surface area contributed by atoms with Crippen LogP contribution in [-0.2, 0) is 4.79 Å². The molecule has 26 heavy (non-hydrogen) atoms. The Morgan fingerprint density at radius 2 is 1.88 bits per heavy atom. The molecule has 5 heteroatoms. The molecule has 2 aromatic rings. The number of carbonyl (C=O) groups is 1. The Hall–Kier alpha value is -1.98. The van der Waals surface area contributed by atoms with Gasteiger partial charge < -0.3 is 5.32 Å². The molecular weight excluding hydrogens is 360 g/mol. The van der Waals surface area contributed by atoms with Gasteiger partial charge in [0.25, 0.3) is 5.91 Å². The van der Waals surface area contributed by atoms with Crippen LogP contribution in [0.15, 0.2) is 41.4 Å². The summed E-state index contributed by atoms with van der Waals surface area (Å²) in [5, 5.41) is 5.78. The van der Waals surface area contributed by atoms with Gasteiger partial charge in [0.15, 0.2) is 5.11 Å². The molecule has 2 fully saturated rings. The van der Waals surface area contributed by atoms with Crippen molar-refractivity contribution >= 4 is 40.7 Å². The average Bonchev–Trinajstić information content (AvgIpc) is 3.21. The molecule has 0 atom stereocenters. The molecule has 0 unspecified atom stereocenters. The predicted octanol–water partition coefficient (Wildman–Crippen LogP) is 5.11. The summed E-state index contributed by atoms with van der Waals surface area (Å²) in [4.78, 5) is 15.8. The van der Waals surface area contributed by atoms with Gasteiger partial charge >= 0.3 is 0 Å². The fourth-order valence-electron chi connectivity index (χ4n) is 3.76. The van der Waals surface area contributed by atoms with E-state index in [4.69, 9.17) is 12.2 Å². The van der Waals surface area contributed by atoms with Crippen LogP contribution in [0, 0.1) is 6.92 Å². The average molecular weight is 383 g/mol. The second-order valence-corrected chi connectivity index (χ2v) is 8.35. The van der Waals surface area contributed by atoms with Gasteiger partial charge in [-0.3, -0.25) is 9.69 Å². The Morgan fingerprint density at radius 3 is 2.62 bits per heavy atom. The van der Waals surface area contributed by atoms with Crippen LogP contribution >= 0.6 is 23.6 Å². The molecule has 1 aromatic heterocycles. The quantitative estimate of drug-likeness (QED) is 0.591. The lowest BCUT2D eigenvalue weighted by molar-refractivity contribution is -0.124. The largest absolute Gasteiger partial charge is 0.328 e. The zero-order valence-corrected chi connectivity index (χ0v) is 16.5. The number of rotatable bonds is 3. The fourth-order valence-corrected chi connectivity index (χ4v) is 4.95. The Kier molecular flexibility index (Phi) is 4.92. The van der Waals surface area contributed by atoms with E-state index in [-0.39, 0.29) is 11.9 Å². The Morgan fingerprint density at radius 1 is 1.15 bits per heavy atom. The van der Waals surface area contributed by atoms with Crippen LogP contribution in [0.25, 0.3) is 17.2 Å². The first kappa shape index (κ1) is 17.4. The minimum atomic E-state index is 0.0187. The van der Waals surface area contributed by atoms with Gasteiger partial charge in [0.05, 0.1) is 0 Å². The number of amides is 1. The van der Waals surface area contributed by atoms with Crippen LogP contribution in [-0.4, -0.2) is 22.0 Å². The third-order valence-corrected chi connectivity index (χ3v) is 6.35. The van der Waals surface area contributed by atoms with Crippen molar-refractivity contribution in [2.75, 3.05) is 0 Å². The molecule has 1 aliphatic carbocycles. The number of aryl methyl sites for hydroxylation is 1. The highest BCUT2D eigenvalue weighted by atomic mass is 32.1. The molecule has 0 spiro atoms. The highest BCUT2D eigenvalue weighted by molar-refractivity contribution is 7.80. The molecule has 2 aliphatic rings. The Bertz CT molecular complexity index is 860. The van der Waals surface area contributed by atoms with Gasteiger partial charge in [-0.25, -0.2) is 0 Å². The molecule has 1 aliphatic heterocycles. The Balaban J connectivity index is 1.61. The molecule has 1 aromatic carbocycles. The second kappa shape index (κ2) is 7.33. The van der Waals surface area contributed by atoms with E-state index in [2.05, 4.69) is 48.0 Å². The molecule has 0 radical (unpaired) electrons. The van der Waals surface area contributed by atoms with E-state index >= 15 is 0 Å². The molecule has 0 bridgehead atoms. The lowest BCUT2D eigenvalue weighted by atomic mass is 9.94. The zero-order chi connectivity index (χ0) is 18.1. The number of benzene rings is 1. The number of hydrogen-bond donors (Lipinski definition) is 1. The van der Waals surface area contributed by atoms with Crippen molar-refractivity contribution in [3.8, 4) is 11.1 Å². The molecule has 2 heterocycles. The summed E-state index contributed by atoms with van der Waals surface area (Å²) in [6, 6.07) is 10.8. The molecule has 3 nitrogen and oxygen atoms in total. The van der Waals surface area contributed by atoms with E-state index in [0.29, 0.717) is 10.8 Å². The van der Waals surface area contributed by atoms with Gasteiger partial charge in [-0.2, -0.15) is 0 Å². The van der Waals surface area contributed by atoms with Crippen molar-refractivity contribution < 1.29 is 4.79 Å². The number of carbonyl (C=O) groups excluding carboxylic acids is 1. The lowest BCUT2D eigenvalue weighted by Gasteiger charge is -2.29. The first-order valence-electron chi connectivity index (χ1n) is 9.14. The third kappa shape index (κ3) is 3.33. The molecule has 134 valence electrons. The maximum Gasteiger partial charge on any atom is 0.276 e. The highest BCUT2D eigenvalue weighted by Gasteiger charge is 2.36.